The highest BCUT2D eigenvalue weighted by molar-refractivity contribution is 7.88. The number of nitrogens with zero attached hydrogens (tertiary/aromatic N) is 5. The van der Waals surface area contributed by atoms with Crippen LogP contribution in [0.1, 0.15) is 88.1 Å². The van der Waals surface area contributed by atoms with E-state index in [4.69, 9.17) is 21.1 Å². The number of amides is 5. The maximum atomic E-state index is 13.7. The van der Waals surface area contributed by atoms with Crippen molar-refractivity contribution in [1.29, 1.82) is 0 Å². The number of thiophene rings is 1. The summed E-state index contributed by atoms with van der Waals surface area (Å²) in [7, 11) is -3.77. The number of carboxylic acid groups (broad SMARTS) is 1. The molecule has 24 heteroatoms. The lowest BCUT2D eigenvalue weighted by Gasteiger charge is -2.32. The molecule has 8 rings (SSSR count). The zero-order valence-corrected chi connectivity index (χ0v) is 40.2. The number of carboxylic acids is 1. The Bertz CT molecular complexity index is 3050. The van der Waals surface area contributed by atoms with Crippen LogP contribution in [0, 0.1) is 0 Å². The van der Waals surface area contributed by atoms with Gasteiger partial charge in [0, 0.05) is 42.6 Å². The van der Waals surface area contributed by atoms with Gasteiger partial charge in [-0.2, -0.15) is 4.68 Å². The summed E-state index contributed by atoms with van der Waals surface area (Å²) in [6.45, 7) is 4.91. The molecule has 3 aliphatic rings. The van der Waals surface area contributed by atoms with Crippen LogP contribution in [-0.2, 0) is 41.4 Å². The smallest absolute Gasteiger partial charge is 0.352 e. The van der Waals surface area contributed by atoms with Crippen LogP contribution in [0.25, 0.3) is 10.4 Å². The molecule has 0 spiro atoms. The fourth-order valence-corrected chi connectivity index (χ4v) is 11.1. The fraction of sp³-hybridized carbons (Fsp3) is 0.326. The zero-order valence-electron chi connectivity index (χ0n) is 37.8. The Labute approximate surface area is 409 Å². The van der Waals surface area contributed by atoms with Crippen LogP contribution >= 0.6 is 22.9 Å². The number of aliphatic carboxylic acids is 1. The standard InChI is InChI=1S/C46H46ClN9O12S2/c1-46(2,3)68-44(63)40-38(67-23-35(58)59)37(47)39(69-40)26-8-5-10-29(20-26)49-27-15-17-54(18-16-27)70(65,66)24-25-7-4-9-28(19-25)50-45(64)55-22-30(52-53-55)21-48-32-12-6-11-31-36(32)43(62)56(42(31)61)33-13-14-34(57)51-41(33)60/h4-12,19-20,22,27,33,48-49H,13-18,21,23-24H2,1-3H3,(H,50,64)(H,58,59)(H,51,57,60). The molecule has 0 radical (unpaired) electrons. The van der Waals surface area contributed by atoms with Crippen LogP contribution in [0.2, 0.25) is 5.02 Å². The minimum Gasteiger partial charge on any atom is -0.479 e. The molecule has 2 fully saturated rings. The van der Waals surface area contributed by atoms with Gasteiger partial charge in [0.1, 0.15) is 22.4 Å². The summed E-state index contributed by atoms with van der Waals surface area (Å²) in [5.41, 5.74) is 2.05. The van der Waals surface area contributed by atoms with Crippen LogP contribution in [0.5, 0.6) is 5.75 Å². The number of hydrogen-bond acceptors (Lipinski definition) is 16. The van der Waals surface area contributed by atoms with Crippen LogP contribution in [0.4, 0.5) is 21.9 Å². The van der Waals surface area contributed by atoms with Crippen molar-refractivity contribution >= 4 is 91.6 Å². The average molecular weight is 1020 g/mol. The van der Waals surface area contributed by atoms with Gasteiger partial charge in [0.05, 0.1) is 34.5 Å². The van der Waals surface area contributed by atoms with E-state index in [9.17, 15) is 47.1 Å². The van der Waals surface area contributed by atoms with Crippen molar-refractivity contribution in [2.75, 3.05) is 35.6 Å². The maximum Gasteiger partial charge on any atom is 0.352 e. The molecule has 2 saturated heterocycles. The Kier molecular flexibility index (Phi) is 14.1. The van der Waals surface area contributed by atoms with Crippen molar-refractivity contribution in [2.24, 2.45) is 0 Å². The number of hydrogen-bond donors (Lipinski definition) is 5. The van der Waals surface area contributed by atoms with Crippen molar-refractivity contribution in [3.8, 4) is 16.2 Å². The summed E-state index contributed by atoms with van der Waals surface area (Å²) >= 11 is 7.72. The van der Waals surface area contributed by atoms with E-state index in [1.165, 1.54) is 16.6 Å². The molecule has 70 heavy (non-hydrogen) atoms. The first-order valence-corrected chi connectivity index (χ1v) is 24.7. The number of aromatic nitrogens is 3. The molecule has 5 aromatic rings. The summed E-state index contributed by atoms with van der Waals surface area (Å²) in [6, 6.07) is 16.5. The van der Waals surface area contributed by atoms with Crippen LogP contribution in [0.15, 0.2) is 72.9 Å². The van der Waals surface area contributed by atoms with Gasteiger partial charge in [-0.25, -0.2) is 27.1 Å². The molecule has 5 N–H and O–H groups in total. The monoisotopic (exact) mass is 1020 g/mol. The number of nitrogens with one attached hydrogen (secondary N) is 4. The second kappa shape index (κ2) is 20.0. The molecule has 3 aromatic carbocycles. The molecule has 1 atom stereocenters. The van der Waals surface area contributed by atoms with Gasteiger partial charge < -0.3 is 30.5 Å². The number of sulfonamides is 1. The molecule has 0 aliphatic carbocycles. The quantitative estimate of drug-likeness (QED) is 0.0632. The largest absolute Gasteiger partial charge is 0.479 e. The van der Waals surface area contributed by atoms with Gasteiger partial charge in [-0.15, -0.1) is 16.4 Å². The second-order valence-corrected chi connectivity index (χ2v) is 20.9. The van der Waals surface area contributed by atoms with E-state index >= 15 is 0 Å². The van der Waals surface area contributed by atoms with Crippen LogP contribution < -0.4 is 26.0 Å². The minimum atomic E-state index is -3.77. The number of halogens is 1. The molecule has 5 heterocycles. The summed E-state index contributed by atoms with van der Waals surface area (Å²) in [6.07, 6.45) is 2.36. The number of fused-ring (bicyclic) bond motifs is 1. The predicted octanol–water partition coefficient (Wildman–Crippen LogP) is 5.58. The van der Waals surface area contributed by atoms with Gasteiger partial charge in [-0.05, 0) is 87.6 Å². The number of piperidine rings is 2. The normalized spacial score (nSPS) is 16.7. The van der Waals surface area contributed by atoms with Crippen molar-refractivity contribution in [2.45, 2.75) is 76.4 Å². The maximum absolute atomic E-state index is 13.7. The van der Waals surface area contributed by atoms with E-state index in [2.05, 4.69) is 31.6 Å². The highest BCUT2D eigenvalue weighted by Crippen LogP contribution is 2.46. The topological polar surface area (TPSA) is 278 Å². The summed E-state index contributed by atoms with van der Waals surface area (Å²) < 4.78 is 40.7. The zero-order chi connectivity index (χ0) is 50.1. The Balaban J connectivity index is 0.841. The molecule has 366 valence electrons. The Morgan fingerprint density at radius 3 is 2.41 bits per heavy atom. The lowest BCUT2D eigenvalue weighted by molar-refractivity contribution is -0.139. The SMILES string of the molecule is CC(C)(C)OC(=O)c1sc(-c2cccc(NC3CCN(S(=O)(=O)Cc4cccc(NC(=O)n5cc(CNc6cccc7c6C(=O)N(C6CCC(=O)NC6=O)C7=O)nn5)c4)CC3)c2)c(Cl)c1OCC(=O)O. The van der Waals surface area contributed by atoms with Crippen LogP contribution in [-0.4, -0.2) is 117 Å². The summed E-state index contributed by atoms with van der Waals surface area (Å²) in [4.78, 5) is 89.8. The third-order valence-corrected chi connectivity index (χ3v) is 14.8. The lowest BCUT2D eigenvalue weighted by atomic mass is 10.0. The van der Waals surface area contributed by atoms with Gasteiger partial charge >= 0.3 is 18.0 Å². The molecule has 0 bridgehead atoms. The molecular formula is C46H46ClN9O12S2. The number of carbonyl (C=O) groups is 7. The summed E-state index contributed by atoms with van der Waals surface area (Å²) in [5.74, 6) is -4.86. The first-order chi connectivity index (χ1) is 33.2. The summed E-state index contributed by atoms with van der Waals surface area (Å²) in [5, 5.41) is 28.6. The van der Waals surface area contributed by atoms with E-state index in [0.29, 0.717) is 45.9 Å². The Hall–Kier alpha value is -7.21. The molecule has 3 aliphatic heterocycles. The number of imide groups is 2. The third-order valence-electron chi connectivity index (χ3n) is 11.3. The van der Waals surface area contributed by atoms with Gasteiger partial charge in [0.2, 0.25) is 21.8 Å². The molecule has 0 saturated carbocycles. The van der Waals surface area contributed by atoms with Crippen molar-refractivity contribution in [3.63, 3.8) is 0 Å². The number of esters is 1. The molecule has 2 aromatic heterocycles. The number of benzene rings is 3. The van der Waals surface area contributed by atoms with E-state index in [-0.39, 0.29) is 71.0 Å². The second-order valence-electron chi connectivity index (χ2n) is 17.6. The molecule has 1 unspecified atom stereocenters. The van der Waals surface area contributed by atoms with Crippen molar-refractivity contribution in [1.82, 2.24) is 29.5 Å². The Morgan fingerprint density at radius 2 is 1.69 bits per heavy atom. The number of anilines is 3. The van der Waals surface area contributed by atoms with E-state index < -0.39 is 69.9 Å². The molecular weight excluding hydrogens is 970 g/mol. The number of ether oxygens (including phenoxy) is 2. The fourth-order valence-electron chi connectivity index (χ4n) is 8.12. The molecule has 5 amide bonds. The first kappa shape index (κ1) is 49.2. The van der Waals surface area contributed by atoms with Gasteiger partial charge in [-0.3, -0.25) is 29.4 Å². The molecule has 21 nitrogen and oxygen atoms in total. The van der Waals surface area contributed by atoms with E-state index in [1.807, 2.05) is 12.1 Å². The number of carbonyl (C=O) groups excluding carboxylic acids is 6. The van der Waals surface area contributed by atoms with Crippen LogP contribution in [0.3, 0.4) is 0 Å². The lowest BCUT2D eigenvalue weighted by Crippen LogP contribution is -2.54. The van der Waals surface area contributed by atoms with Crippen molar-refractivity contribution in [3.05, 3.63) is 105 Å². The van der Waals surface area contributed by atoms with E-state index in [1.54, 1.807) is 69.3 Å². The highest BCUT2D eigenvalue weighted by atomic mass is 35.5. The minimum absolute atomic E-state index is 0.00248. The highest BCUT2D eigenvalue weighted by Gasteiger charge is 2.45. The third kappa shape index (κ3) is 11.0. The van der Waals surface area contributed by atoms with Gasteiger partial charge in [0.25, 0.3) is 11.8 Å². The first-order valence-electron chi connectivity index (χ1n) is 21.9. The van der Waals surface area contributed by atoms with Crippen molar-refractivity contribution < 1.29 is 56.6 Å². The Morgan fingerprint density at radius 1 is 0.957 bits per heavy atom. The van der Waals surface area contributed by atoms with E-state index in [0.717, 1.165) is 26.6 Å². The predicted molar refractivity (Wildman–Crippen MR) is 255 cm³/mol. The average Bonchev–Trinajstić information content (AvgIpc) is 3.99. The van der Waals surface area contributed by atoms with Gasteiger partial charge in [-0.1, -0.05) is 47.1 Å². The van der Waals surface area contributed by atoms with Gasteiger partial charge in [0.15, 0.2) is 17.2 Å². The number of rotatable bonds is 15.